The fraction of sp³-hybridized carbons (Fsp3) is 0.250. The Balaban J connectivity index is 1.89. The molecule has 0 unspecified atom stereocenters. The molecular formula is C16H16ClN5OS. The predicted octanol–water partition coefficient (Wildman–Crippen LogP) is 4.06. The lowest BCUT2D eigenvalue weighted by molar-refractivity contribution is 0.102. The monoisotopic (exact) mass is 361 g/mol. The van der Waals surface area contributed by atoms with Crippen molar-refractivity contribution in [3.05, 3.63) is 51.7 Å². The molecule has 0 fully saturated rings. The molecule has 1 amide bonds. The molecule has 0 radical (unpaired) electrons. The van der Waals surface area contributed by atoms with Crippen molar-refractivity contribution in [1.29, 1.82) is 0 Å². The largest absolute Gasteiger partial charge is 0.296 e. The minimum absolute atomic E-state index is 0.263. The number of aromatic nitrogens is 4. The van der Waals surface area contributed by atoms with Gasteiger partial charge in [0.05, 0.1) is 11.4 Å². The summed E-state index contributed by atoms with van der Waals surface area (Å²) in [5.41, 5.74) is 1.68. The van der Waals surface area contributed by atoms with Crippen LogP contribution in [0.1, 0.15) is 40.8 Å². The van der Waals surface area contributed by atoms with Crippen molar-refractivity contribution >= 4 is 34.0 Å². The molecule has 24 heavy (non-hydrogen) atoms. The summed E-state index contributed by atoms with van der Waals surface area (Å²) in [6, 6.07) is 9.43. The van der Waals surface area contributed by atoms with Gasteiger partial charge in [-0.25, -0.2) is 4.68 Å². The summed E-state index contributed by atoms with van der Waals surface area (Å²) in [7, 11) is 0. The van der Waals surface area contributed by atoms with Crippen LogP contribution in [0.5, 0.6) is 0 Å². The number of amides is 1. The summed E-state index contributed by atoms with van der Waals surface area (Å²) in [4.78, 5) is 12.6. The van der Waals surface area contributed by atoms with E-state index in [0.717, 1.165) is 10.7 Å². The zero-order valence-corrected chi connectivity index (χ0v) is 15.0. The molecule has 2 heterocycles. The number of anilines is 1. The maximum absolute atomic E-state index is 12.6. The van der Waals surface area contributed by atoms with E-state index in [2.05, 4.69) is 20.6 Å². The van der Waals surface area contributed by atoms with Crippen LogP contribution in [0.3, 0.4) is 0 Å². The Hall–Kier alpha value is -2.25. The van der Waals surface area contributed by atoms with Crippen molar-refractivity contribution in [2.75, 3.05) is 5.32 Å². The first kappa shape index (κ1) is 16.6. The van der Waals surface area contributed by atoms with E-state index in [-0.39, 0.29) is 17.0 Å². The first-order chi connectivity index (χ1) is 11.5. The van der Waals surface area contributed by atoms with Crippen LogP contribution >= 0.6 is 22.9 Å². The van der Waals surface area contributed by atoms with Gasteiger partial charge in [0.1, 0.15) is 15.7 Å². The second-order valence-corrected chi connectivity index (χ2v) is 6.92. The summed E-state index contributed by atoms with van der Waals surface area (Å²) >= 11 is 7.74. The Morgan fingerprint density at radius 1 is 1.25 bits per heavy atom. The average molecular weight is 362 g/mol. The maximum Gasteiger partial charge on any atom is 0.262 e. The summed E-state index contributed by atoms with van der Waals surface area (Å²) in [6.07, 6.45) is 0. The van der Waals surface area contributed by atoms with Gasteiger partial charge in [0, 0.05) is 5.92 Å². The highest BCUT2D eigenvalue weighted by Gasteiger charge is 2.22. The molecule has 1 aromatic carbocycles. The number of aryl methyl sites for hydroxylation is 1. The van der Waals surface area contributed by atoms with Gasteiger partial charge >= 0.3 is 0 Å². The minimum Gasteiger partial charge on any atom is -0.296 e. The number of benzene rings is 1. The number of nitrogens with zero attached hydrogens (tertiary/aromatic N) is 4. The van der Waals surface area contributed by atoms with Crippen LogP contribution in [-0.4, -0.2) is 25.9 Å². The molecule has 0 saturated heterocycles. The fourth-order valence-electron chi connectivity index (χ4n) is 2.18. The van der Waals surface area contributed by atoms with E-state index in [1.807, 2.05) is 44.2 Å². The van der Waals surface area contributed by atoms with Crippen LogP contribution in [0.4, 0.5) is 5.13 Å². The van der Waals surface area contributed by atoms with Gasteiger partial charge < -0.3 is 0 Å². The molecule has 0 bridgehead atoms. The molecule has 0 aliphatic rings. The van der Waals surface area contributed by atoms with Crippen LogP contribution in [0.15, 0.2) is 30.3 Å². The van der Waals surface area contributed by atoms with Crippen molar-refractivity contribution in [2.24, 2.45) is 0 Å². The van der Waals surface area contributed by atoms with E-state index < -0.39 is 0 Å². The molecule has 8 heteroatoms. The molecule has 3 aromatic rings. The first-order valence-corrected chi connectivity index (χ1v) is 8.62. The SMILES string of the molecule is Cc1nn(-c2ccccc2)c(Cl)c1C(=O)Nc1nnc(C(C)C)s1. The number of nitrogens with one attached hydrogen (secondary N) is 1. The van der Waals surface area contributed by atoms with Gasteiger partial charge in [-0.2, -0.15) is 5.10 Å². The summed E-state index contributed by atoms with van der Waals surface area (Å²) in [5.74, 6) is -0.0783. The Morgan fingerprint density at radius 2 is 1.96 bits per heavy atom. The molecule has 1 N–H and O–H groups in total. The van der Waals surface area contributed by atoms with Crippen molar-refractivity contribution in [3.8, 4) is 5.69 Å². The number of rotatable bonds is 4. The van der Waals surface area contributed by atoms with Gasteiger partial charge in [0.15, 0.2) is 0 Å². The smallest absolute Gasteiger partial charge is 0.262 e. The lowest BCUT2D eigenvalue weighted by Gasteiger charge is -2.03. The summed E-state index contributed by atoms with van der Waals surface area (Å²) in [5, 5.41) is 16.8. The van der Waals surface area contributed by atoms with Crippen LogP contribution < -0.4 is 5.32 Å². The number of hydrogen-bond donors (Lipinski definition) is 1. The quantitative estimate of drug-likeness (QED) is 0.760. The van der Waals surface area contributed by atoms with E-state index in [0.29, 0.717) is 16.4 Å². The van der Waals surface area contributed by atoms with Gasteiger partial charge in [-0.1, -0.05) is 55.0 Å². The van der Waals surface area contributed by atoms with Crippen LogP contribution in [0.25, 0.3) is 5.69 Å². The molecule has 2 aromatic heterocycles. The Bertz CT molecular complexity index is 872. The zero-order chi connectivity index (χ0) is 17.3. The third kappa shape index (κ3) is 3.18. The van der Waals surface area contributed by atoms with Crippen LogP contribution in [0, 0.1) is 6.92 Å². The molecule has 6 nitrogen and oxygen atoms in total. The predicted molar refractivity (Wildman–Crippen MR) is 95.3 cm³/mol. The second-order valence-electron chi connectivity index (χ2n) is 5.55. The van der Waals surface area contributed by atoms with Crippen LogP contribution in [-0.2, 0) is 0 Å². The molecular weight excluding hydrogens is 346 g/mol. The molecule has 0 aliphatic carbocycles. The van der Waals surface area contributed by atoms with E-state index in [9.17, 15) is 4.79 Å². The van der Waals surface area contributed by atoms with Gasteiger partial charge in [-0.15, -0.1) is 10.2 Å². The minimum atomic E-state index is -0.342. The Morgan fingerprint density at radius 3 is 2.58 bits per heavy atom. The highest BCUT2D eigenvalue weighted by Crippen LogP contribution is 2.26. The standard InChI is InChI=1S/C16H16ClN5OS/c1-9(2)15-19-20-16(24-15)18-14(23)12-10(3)21-22(13(12)17)11-7-5-4-6-8-11/h4-9H,1-3H3,(H,18,20,23). The van der Waals surface area contributed by atoms with Gasteiger partial charge in [-0.3, -0.25) is 10.1 Å². The topological polar surface area (TPSA) is 72.7 Å². The Kier molecular flexibility index (Phi) is 4.64. The molecule has 0 aliphatic heterocycles. The van der Waals surface area contributed by atoms with E-state index >= 15 is 0 Å². The van der Waals surface area contributed by atoms with Gasteiger partial charge in [0.25, 0.3) is 5.91 Å². The lowest BCUT2D eigenvalue weighted by atomic mass is 10.2. The summed E-state index contributed by atoms with van der Waals surface area (Å²) in [6.45, 7) is 5.80. The average Bonchev–Trinajstić information content (AvgIpc) is 3.13. The van der Waals surface area contributed by atoms with Crippen molar-refractivity contribution in [2.45, 2.75) is 26.7 Å². The highest BCUT2D eigenvalue weighted by molar-refractivity contribution is 7.15. The third-order valence-electron chi connectivity index (χ3n) is 3.39. The highest BCUT2D eigenvalue weighted by atomic mass is 35.5. The van der Waals surface area contributed by atoms with Crippen LogP contribution in [0.2, 0.25) is 5.15 Å². The number of carbonyl (C=O) groups excluding carboxylic acids is 1. The van der Waals surface area contributed by atoms with E-state index in [1.165, 1.54) is 11.3 Å². The molecule has 0 spiro atoms. The lowest BCUT2D eigenvalue weighted by Crippen LogP contribution is -2.13. The number of carbonyl (C=O) groups is 1. The fourth-order valence-corrected chi connectivity index (χ4v) is 3.27. The second kappa shape index (κ2) is 6.70. The van der Waals surface area contributed by atoms with E-state index in [1.54, 1.807) is 11.6 Å². The third-order valence-corrected chi connectivity index (χ3v) is 4.88. The van der Waals surface area contributed by atoms with Crippen molar-refractivity contribution in [3.63, 3.8) is 0 Å². The maximum atomic E-state index is 12.6. The molecule has 0 saturated carbocycles. The molecule has 0 atom stereocenters. The zero-order valence-electron chi connectivity index (χ0n) is 13.4. The Labute approximate surface area is 148 Å². The first-order valence-electron chi connectivity index (χ1n) is 7.42. The summed E-state index contributed by atoms with van der Waals surface area (Å²) < 4.78 is 1.55. The van der Waals surface area contributed by atoms with E-state index in [4.69, 9.17) is 11.6 Å². The normalized spacial score (nSPS) is 11.0. The molecule has 124 valence electrons. The van der Waals surface area contributed by atoms with Crippen molar-refractivity contribution in [1.82, 2.24) is 20.0 Å². The van der Waals surface area contributed by atoms with Gasteiger partial charge in [-0.05, 0) is 19.1 Å². The number of halogens is 1. The van der Waals surface area contributed by atoms with Gasteiger partial charge in [0.2, 0.25) is 5.13 Å². The number of hydrogen-bond acceptors (Lipinski definition) is 5. The van der Waals surface area contributed by atoms with Crippen molar-refractivity contribution < 1.29 is 4.79 Å². The molecule has 3 rings (SSSR count). The number of para-hydroxylation sites is 1.